The van der Waals surface area contributed by atoms with Gasteiger partial charge in [-0.1, -0.05) is 0 Å². The molecule has 6 heteroatoms. The minimum absolute atomic E-state index is 0.0725. The topological polar surface area (TPSA) is 63.1 Å². The first-order chi connectivity index (χ1) is 7.75. The maximum atomic E-state index is 10.7. The summed E-state index contributed by atoms with van der Waals surface area (Å²) in [5, 5.41) is 10.8. The third kappa shape index (κ3) is 2.80. The van der Waals surface area contributed by atoms with E-state index in [4.69, 9.17) is 5.11 Å². The van der Waals surface area contributed by atoms with Crippen LogP contribution in [0.4, 0.5) is 0 Å². The molecule has 16 heavy (non-hydrogen) atoms. The zero-order valence-corrected chi connectivity index (χ0v) is 9.79. The molecule has 4 nitrogen and oxygen atoms in total. The molecule has 82 valence electrons. The number of hydrogen-bond acceptors (Lipinski definition) is 5. The molecule has 2 rings (SSSR count). The molecule has 0 fully saturated rings. The molecule has 0 unspecified atom stereocenters. The van der Waals surface area contributed by atoms with Gasteiger partial charge in [0.25, 0.3) is 0 Å². The second-order valence-electron chi connectivity index (χ2n) is 2.95. The summed E-state index contributed by atoms with van der Waals surface area (Å²) in [4.78, 5) is 19.5. The van der Waals surface area contributed by atoms with Gasteiger partial charge < -0.3 is 5.11 Å². The van der Waals surface area contributed by atoms with Crippen molar-refractivity contribution >= 4 is 29.1 Å². The van der Waals surface area contributed by atoms with Gasteiger partial charge in [0.05, 0.1) is 11.2 Å². The zero-order valence-electron chi connectivity index (χ0n) is 8.16. The smallest absolute Gasteiger partial charge is 0.354 e. The summed E-state index contributed by atoms with van der Waals surface area (Å²) in [6.45, 7) is 0. The van der Waals surface area contributed by atoms with Crippen molar-refractivity contribution in [3.8, 4) is 0 Å². The lowest BCUT2D eigenvalue weighted by atomic mass is 10.3. The molecule has 2 aromatic heterocycles. The monoisotopic (exact) mass is 252 g/mol. The minimum atomic E-state index is -1.00. The molecule has 2 aromatic rings. The van der Waals surface area contributed by atoms with Crippen molar-refractivity contribution in [2.45, 2.75) is 10.6 Å². The summed E-state index contributed by atoms with van der Waals surface area (Å²) >= 11 is 3.10. The van der Waals surface area contributed by atoms with E-state index in [1.54, 1.807) is 40.7 Å². The lowest BCUT2D eigenvalue weighted by Gasteiger charge is -2.00. The molecule has 0 radical (unpaired) electrons. The average molecular weight is 252 g/mol. The van der Waals surface area contributed by atoms with E-state index in [0.29, 0.717) is 0 Å². The molecule has 0 atom stereocenters. The van der Waals surface area contributed by atoms with Crippen molar-refractivity contribution in [3.63, 3.8) is 0 Å². The molecule has 0 bridgehead atoms. The zero-order chi connectivity index (χ0) is 11.4. The van der Waals surface area contributed by atoms with Gasteiger partial charge in [0.1, 0.15) is 5.69 Å². The SMILES string of the molecule is O=C(O)c1cc(SCc2cscn2)ccn1. The third-order valence-corrected chi connectivity index (χ3v) is 3.48. The Morgan fingerprint density at radius 3 is 3.06 bits per heavy atom. The number of pyridine rings is 1. The van der Waals surface area contributed by atoms with Crippen LogP contribution in [-0.4, -0.2) is 21.0 Å². The lowest BCUT2D eigenvalue weighted by molar-refractivity contribution is 0.0690. The van der Waals surface area contributed by atoms with Gasteiger partial charge in [-0.3, -0.25) is 0 Å². The summed E-state index contributed by atoms with van der Waals surface area (Å²) in [6, 6.07) is 3.36. The standard InChI is InChI=1S/C10H8N2O2S2/c13-10(14)9-3-8(1-2-11-9)16-5-7-4-15-6-12-7/h1-4,6H,5H2,(H,13,14). The molecular weight excluding hydrogens is 244 g/mol. The highest BCUT2D eigenvalue weighted by Crippen LogP contribution is 2.22. The van der Waals surface area contributed by atoms with Crippen LogP contribution < -0.4 is 0 Å². The fourth-order valence-electron chi connectivity index (χ4n) is 1.08. The molecule has 0 saturated carbocycles. The Labute approximate surface area is 100 Å². The van der Waals surface area contributed by atoms with E-state index in [9.17, 15) is 4.79 Å². The predicted molar refractivity (Wildman–Crippen MR) is 62.9 cm³/mol. The van der Waals surface area contributed by atoms with Crippen LogP contribution in [0.25, 0.3) is 0 Å². The molecule has 0 aliphatic rings. The third-order valence-electron chi connectivity index (χ3n) is 1.82. The highest BCUT2D eigenvalue weighted by molar-refractivity contribution is 7.98. The highest BCUT2D eigenvalue weighted by Gasteiger charge is 2.05. The number of rotatable bonds is 4. The van der Waals surface area contributed by atoms with E-state index in [2.05, 4.69) is 9.97 Å². The molecular formula is C10H8N2O2S2. The van der Waals surface area contributed by atoms with E-state index in [1.807, 2.05) is 5.38 Å². The Morgan fingerprint density at radius 1 is 1.50 bits per heavy atom. The van der Waals surface area contributed by atoms with Gasteiger partial charge in [0.15, 0.2) is 0 Å². The van der Waals surface area contributed by atoms with E-state index in [-0.39, 0.29) is 5.69 Å². The van der Waals surface area contributed by atoms with Crippen molar-refractivity contribution in [1.82, 2.24) is 9.97 Å². The Bertz CT molecular complexity index is 485. The molecule has 0 spiro atoms. The number of thiazole rings is 1. The summed E-state index contributed by atoms with van der Waals surface area (Å²) in [5.74, 6) is -0.261. The molecule has 0 aromatic carbocycles. The Hall–Kier alpha value is -1.40. The highest BCUT2D eigenvalue weighted by atomic mass is 32.2. The lowest BCUT2D eigenvalue weighted by Crippen LogP contribution is -1.99. The molecule has 0 amide bonds. The molecule has 1 N–H and O–H groups in total. The fourth-order valence-corrected chi connectivity index (χ4v) is 2.57. The largest absolute Gasteiger partial charge is 0.477 e. The predicted octanol–water partition coefficient (Wildman–Crippen LogP) is 2.53. The Morgan fingerprint density at radius 2 is 2.38 bits per heavy atom. The van der Waals surface area contributed by atoms with Gasteiger partial charge in [-0.05, 0) is 12.1 Å². The van der Waals surface area contributed by atoms with Gasteiger partial charge in [0, 0.05) is 22.2 Å². The number of carboxylic acids is 1. The number of thioether (sulfide) groups is 1. The normalized spacial score (nSPS) is 10.2. The summed E-state index contributed by atoms with van der Waals surface area (Å²) in [7, 11) is 0. The average Bonchev–Trinajstić information content (AvgIpc) is 2.79. The van der Waals surface area contributed by atoms with Gasteiger partial charge in [-0.2, -0.15) is 0 Å². The van der Waals surface area contributed by atoms with Gasteiger partial charge in [-0.25, -0.2) is 14.8 Å². The van der Waals surface area contributed by atoms with Gasteiger partial charge >= 0.3 is 5.97 Å². The second kappa shape index (κ2) is 5.09. The minimum Gasteiger partial charge on any atom is -0.477 e. The van der Waals surface area contributed by atoms with Crippen LogP contribution in [0.2, 0.25) is 0 Å². The number of hydrogen-bond donors (Lipinski definition) is 1. The molecule has 2 heterocycles. The maximum absolute atomic E-state index is 10.7. The number of carboxylic acid groups (broad SMARTS) is 1. The van der Waals surface area contributed by atoms with Crippen molar-refractivity contribution in [3.05, 3.63) is 40.6 Å². The van der Waals surface area contributed by atoms with Crippen LogP contribution in [0.15, 0.2) is 34.1 Å². The van der Waals surface area contributed by atoms with E-state index < -0.39 is 5.97 Å². The first kappa shape index (κ1) is 11.1. The summed E-state index contributed by atoms with van der Waals surface area (Å²) < 4.78 is 0. The van der Waals surface area contributed by atoms with Crippen LogP contribution >= 0.6 is 23.1 Å². The first-order valence-corrected chi connectivity index (χ1v) is 6.38. The van der Waals surface area contributed by atoms with Crippen molar-refractivity contribution < 1.29 is 9.90 Å². The Balaban J connectivity index is 2.04. The van der Waals surface area contributed by atoms with Crippen LogP contribution in [-0.2, 0) is 5.75 Å². The van der Waals surface area contributed by atoms with Crippen LogP contribution in [0.3, 0.4) is 0 Å². The quantitative estimate of drug-likeness (QED) is 0.847. The van der Waals surface area contributed by atoms with Crippen LogP contribution in [0, 0.1) is 0 Å². The summed E-state index contributed by atoms with van der Waals surface area (Å²) in [6.07, 6.45) is 1.51. The first-order valence-electron chi connectivity index (χ1n) is 4.45. The van der Waals surface area contributed by atoms with E-state index in [1.165, 1.54) is 6.20 Å². The van der Waals surface area contributed by atoms with Crippen molar-refractivity contribution in [1.29, 1.82) is 0 Å². The second-order valence-corrected chi connectivity index (χ2v) is 4.72. The number of carbonyl (C=O) groups is 1. The van der Waals surface area contributed by atoms with Crippen molar-refractivity contribution in [2.24, 2.45) is 0 Å². The maximum Gasteiger partial charge on any atom is 0.354 e. The number of nitrogens with zero attached hydrogens (tertiary/aromatic N) is 2. The molecule has 0 aliphatic heterocycles. The fraction of sp³-hybridized carbons (Fsp3) is 0.100. The van der Waals surface area contributed by atoms with Crippen molar-refractivity contribution in [2.75, 3.05) is 0 Å². The van der Waals surface area contributed by atoms with Gasteiger partial charge in [0.2, 0.25) is 0 Å². The van der Waals surface area contributed by atoms with E-state index >= 15 is 0 Å². The summed E-state index contributed by atoms with van der Waals surface area (Å²) in [5.41, 5.74) is 2.86. The number of aromatic carboxylic acids is 1. The van der Waals surface area contributed by atoms with Crippen LogP contribution in [0.5, 0.6) is 0 Å². The number of aromatic nitrogens is 2. The van der Waals surface area contributed by atoms with E-state index in [0.717, 1.165) is 16.3 Å². The van der Waals surface area contributed by atoms with Gasteiger partial charge in [-0.15, -0.1) is 23.1 Å². The Kier molecular flexibility index (Phi) is 3.53. The molecule has 0 saturated heterocycles. The van der Waals surface area contributed by atoms with Crippen LogP contribution in [0.1, 0.15) is 16.2 Å². The molecule has 0 aliphatic carbocycles.